The van der Waals surface area contributed by atoms with Crippen LogP contribution in [-0.4, -0.2) is 85.3 Å². The molecule has 0 saturated carbocycles. The van der Waals surface area contributed by atoms with Crippen molar-refractivity contribution in [2.24, 2.45) is 0 Å². The Bertz CT molecular complexity index is 1420. The molecule has 0 bridgehead atoms. The average molecular weight is 551 g/mol. The molecule has 3 aromatic carbocycles. The number of fused-ring (bicyclic) bond motifs is 2. The van der Waals surface area contributed by atoms with Gasteiger partial charge in [-0.3, -0.25) is 4.79 Å². The first-order chi connectivity index (χ1) is 19.2. The Morgan fingerprint density at radius 3 is 2.30 bits per heavy atom. The summed E-state index contributed by atoms with van der Waals surface area (Å²) in [5, 5.41) is 72.9. The highest BCUT2D eigenvalue weighted by atomic mass is 16.6. The molecule has 0 amide bonds. The van der Waals surface area contributed by atoms with E-state index in [0.29, 0.717) is 11.1 Å². The molecule has 0 spiro atoms. The zero-order valence-corrected chi connectivity index (χ0v) is 21.3. The Morgan fingerprint density at radius 2 is 1.57 bits per heavy atom. The molecule has 5 rings (SSSR count). The summed E-state index contributed by atoms with van der Waals surface area (Å²) in [5.74, 6) is -2.17. The number of carbonyl (C=O) groups excluding carboxylic acids is 1. The number of benzene rings is 3. The van der Waals surface area contributed by atoms with Gasteiger partial charge in [0.2, 0.25) is 5.78 Å². The van der Waals surface area contributed by atoms with Crippen molar-refractivity contribution in [1.82, 2.24) is 0 Å². The fourth-order valence-electron chi connectivity index (χ4n) is 5.42. The smallest absolute Gasteiger partial charge is 0.201 e. The second kappa shape index (κ2) is 11.4. The Hall–Kier alpha value is -3.77. The second-order valence-electron chi connectivity index (χ2n) is 9.93. The van der Waals surface area contributed by atoms with E-state index in [0.717, 1.165) is 5.56 Å². The summed E-state index contributed by atoms with van der Waals surface area (Å²) in [7, 11) is 0. The molecule has 0 aromatic heterocycles. The molecule has 0 radical (unpaired) electrons. The first-order valence-electron chi connectivity index (χ1n) is 12.8. The largest absolute Gasteiger partial charge is 0.508 e. The minimum atomic E-state index is -1.63. The van der Waals surface area contributed by atoms with Crippen LogP contribution in [0.5, 0.6) is 17.2 Å². The van der Waals surface area contributed by atoms with Crippen molar-refractivity contribution in [1.29, 1.82) is 0 Å². The summed E-state index contributed by atoms with van der Waals surface area (Å²) < 4.78 is 11.8. The van der Waals surface area contributed by atoms with Gasteiger partial charge in [-0.15, -0.1) is 0 Å². The molecule has 0 unspecified atom stereocenters. The summed E-state index contributed by atoms with van der Waals surface area (Å²) >= 11 is 0. The average Bonchev–Trinajstić information content (AvgIpc) is 2.94. The molecule has 1 fully saturated rings. The Labute approximate surface area is 229 Å². The predicted molar refractivity (Wildman–Crippen MR) is 142 cm³/mol. The van der Waals surface area contributed by atoms with E-state index >= 15 is 0 Å². The number of ether oxygens (including phenoxy) is 2. The molecule has 1 aliphatic heterocycles. The van der Waals surface area contributed by atoms with Gasteiger partial charge < -0.3 is 45.2 Å². The molecule has 2 aliphatic rings. The molecular formula is C30H30O10. The summed E-state index contributed by atoms with van der Waals surface area (Å²) in [5.41, 5.74) is 1.51. The summed E-state index contributed by atoms with van der Waals surface area (Å²) in [6, 6.07) is 13.8. The van der Waals surface area contributed by atoms with E-state index in [1.54, 1.807) is 42.5 Å². The maximum Gasteiger partial charge on any atom is 0.201 e. The number of hydrogen-bond acceptors (Lipinski definition) is 10. The van der Waals surface area contributed by atoms with Gasteiger partial charge in [0.05, 0.1) is 37.1 Å². The van der Waals surface area contributed by atoms with Crippen molar-refractivity contribution in [3.05, 3.63) is 94.1 Å². The molecule has 40 heavy (non-hydrogen) atoms. The summed E-state index contributed by atoms with van der Waals surface area (Å²) in [4.78, 5) is 13.3. The van der Waals surface area contributed by atoms with Crippen LogP contribution < -0.4 is 0 Å². The van der Waals surface area contributed by atoms with E-state index in [1.807, 2.05) is 0 Å². The summed E-state index contributed by atoms with van der Waals surface area (Å²) in [6.45, 7) is -0.436. The third kappa shape index (κ3) is 5.08. The summed E-state index contributed by atoms with van der Waals surface area (Å²) in [6.07, 6.45) is -3.51. The monoisotopic (exact) mass is 550 g/mol. The highest BCUT2D eigenvalue weighted by Gasteiger charge is 2.50. The Balaban J connectivity index is 1.43. The van der Waals surface area contributed by atoms with Crippen molar-refractivity contribution in [3.8, 4) is 17.2 Å². The van der Waals surface area contributed by atoms with Crippen molar-refractivity contribution in [3.63, 3.8) is 0 Å². The molecule has 3 aromatic rings. The molecule has 10 heteroatoms. The Kier molecular flexibility index (Phi) is 7.90. The zero-order chi connectivity index (χ0) is 28.6. The molecule has 6 atom stereocenters. The van der Waals surface area contributed by atoms with Crippen LogP contribution in [0, 0.1) is 0 Å². The maximum atomic E-state index is 13.3. The minimum absolute atomic E-state index is 0.0735. The molecule has 7 N–H and O–H groups in total. The van der Waals surface area contributed by atoms with Gasteiger partial charge in [-0.05, 0) is 46.5 Å². The number of aliphatic hydroxyl groups excluding tert-OH is 4. The Morgan fingerprint density at radius 1 is 0.850 bits per heavy atom. The molecular weight excluding hydrogens is 520 g/mol. The number of phenols is 3. The highest BCUT2D eigenvalue weighted by Crippen LogP contribution is 2.47. The lowest BCUT2D eigenvalue weighted by Gasteiger charge is -2.45. The third-order valence-electron chi connectivity index (χ3n) is 7.37. The van der Waals surface area contributed by atoms with Crippen molar-refractivity contribution in [2.45, 2.75) is 43.0 Å². The molecule has 1 saturated heterocycles. The lowest BCUT2D eigenvalue weighted by Crippen LogP contribution is -2.60. The number of rotatable bonds is 7. The first kappa shape index (κ1) is 27.8. The van der Waals surface area contributed by atoms with Crippen LogP contribution in [0.25, 0.3) is 6.08 Å². The van der Waals surface area contributed by atoms with Gasteiger partial charge in [0.15, 0.2) is 0 Å². The van der Waals surface area contributed by atoms with Gasteiger partial charge in [-0.25, -0.2) is 0 Å². The van der Waals surface area contributed by atoms with Gasteiger partial charge >= 0.3 is 0 Å². The van der Waals surface area contributed by atoms with Crippen LogP contribution in [0.2, 0.25) is 0 Å². The quantitative estimate of drug-likeness (QED) is 0.214. The number of carbonyl (C=O) groups is 1. The van der Waals surface area contributed by atoms with E-state index in [1.165, 1.54) is 24.3 Å². The SMILES string of the molecule is O=C1c2c(O)cccc2[C@@H]([C@@H]2O[C@H](COC/C=C/c3ccc(O)cc3)[C@@H](O)[C@H](O)[C@H]2O)c2cc(CO)cc(O)c21. The zero-order valence-electron chi connectivity index (χ0n) is 21.3. The molecule has 10 nitrogen and oxygen atoms in total. The first-order valence-corrected chi connectivity index (χ1v) is 12.8. The number of ketones is 1. The third-order valence-corrected chi connectivity index (χ3v) is 7.37. The normalized spacial score (nSPS) is 26.1. The molecule has 1 aliphatic carbocycles. The lowest BCUT2D eigenvalue weighted by atomic mass is 9.71. The molecule has 210 valence electrons. The lowest BCUT2D eigenvalue weighted by molar-refractivity contribution is -0.234. The van der Waals surface area contributed by atoms with Crippen LogP contribution in [0.1, 0.15) is 44.1 Å². The number of aliphatic hydroxyl groups is 4. The van der Waals surface area contributed by atoms with E-state index in [4.69, 9.17) is 9.47 Å². The van der Waals surface area contributed by atoms with Crippen molar-refractivity contribution < 1.29 is 50.0 Å². The van der Waals surface area contributed by atoms with Crippen LogP contribution in [0.3, 0.4) is 0 Å². The minimum Gasteiger partial charge on any atom is -0.508 e. The predicted octanol–water partition coefficient (Wildman–Crippen LogP) is 1.55. The standard InChI is InChI=1S/C30H30O10/c31-13-16-11-19-23(18-4-1-5-20(33)24(18)27(36)25(19)21(34)12-16)30-29(38)28(37)26(35)22(40-30)14-39-10-2-3-15-6-8-17(32)9-7-15/h1-9,11-12,22-23,26,28-35,37-38H,10,13-14H2/b3-2+/t22-,23-,26-,28+,29-,30+/m1/s1. The van der Waals surface area contributed by atoms with Gasteiger partial charge in [0.1, 0.15) is 41.7 Å². The van der Waals surface area contributed by atoms with Gasteiger partial charge in [-0.1, -0.05) is 42.5 Å². The van der Waals surface area contributed by atoms with Crippen LogP contribution in [0.4, 0.5) is 0 Å². The van der Waals surface area contributed by atoms with E-state index in [2.05, 4.69) is 0 Å². The van der Waals surface area contributed by atoms with Gasteiger partial charge in [0.25, 0.3) is 0 Å². The molecule has 1 heterocycles. The number of phenolic OH excluding ortho intramolecular Hbond substituents is 3. The number of hydrogen-bond donors (Lipinski definition) is 7. The van der Waals surface area contributed by atoms with Crippen LogP contribution in [-0.2, 0) is 16.1 Å². The fraction of sp³-hybridized carbons (Fsp3) is 0.300. The van der Waals surface area contributed by atoms with Crippen LogP contribution in [0.15, 0.2) is 60.7 Å². The maximum absolute atomic E-state index is 13.3. The van der Waals surface area contributed by atoms with Gasteiger partial charge in [-0.2, -0.15) is 0 Å². The number of aromatic hydroxyl groups is 3. The highest BCUT2D eigenvalue weighted by molar-refractivity contribution is 6.16. The van der Waals surface area contributed by atoms with E-state index in [-0.39, 0.29) is 41.4 Å². The van der Waals surface area contributed by atoms with Crippen molar-refractivity contribution in [2.75, 3.05) is 13.2 Å². The van der Waals surface area contributed by atoms with E-state index < -0.39 is 54.6 Å². The van der Waals surface area contributed by atoms with Crippen LogP contribution >= 0.6 is 0 Å². The van der Waals surface area contributed by atoms with Gasteiger partial charge in [0, 0.05) is 5.92 Å². The van der Waals surface area contributed by atoms with E-state index in [9.17, 15) is 40.5 Å². The second-order valence-corrected chi connectivity index (χ2v) is 9.93. The van der Waals surface area contributed by atoms with Crippen molar-refractivity contribution >= 4 is 11.9 Å². The topological polar surface area (TPSA) is 177 Å². The fourth-order valence-corrected chi connectivity index (χ4v) is 5.42.